The molecule has 1 aliphatic carbocycles. The smallest absolute Gasteiger partial charge is 0.334 e. The first-order chi connectivity index (χ1) is 12.9. The van der Waals surface area contributed by atoms with Gasteiger partial charge < -0.3 is 4.74 Å². The molecule has 0 spiro atoms. The molecule has 1 atom stereocenters. The van der Waals surface area contributed by atoms with Crippen LogP contribution < -0.4 is 0 Å². The number of rotatable bonds is 6. The molecule has 0 bridgehead atoms. The Bertz CT molecular complexity index is 932. The van der Waals surface area contributed by atoms with Crippen LogP contribution in [0, 0.1) is 20.2 Å². The summed E-state index contributed by atoms with van der Waals surface area (Å²) in [6, 6.07) is 12.3. The molecule has 2 aromatic carbocycles. The summed E-state index contributed by atoms with van der Waals surface area (Å²) in [7, 11) is 1.31. The van der Waals surface area contributed by atoms with Crippen LogP contribution in [-0.2, 0) is 16.0 Å². The molecule has 0 N–H and O–H groups in total. The molecule has 0 amide bonds. The Labute approximate surface area is 154 Å². The predicted octanol–water partition coefficient (Wildman–Crippen LogP) is 3.70. The molecule has 138 valence electrons. The van der Waals surface area contributed by atoms with Gasteiger partial charge in [-0.05, 0) is 17.5 Å². The lowest BCUT2D eigenvalue weighted by atomic mass is 10.0. The van der Waals surface area contributed by atoms with E-state index < -0.39 is 15.8 Å². The van der Waals surface area contributed by atoms with Gasteiger partial charge in [0.05, 0.1) is 17.0 Å². The SMILES string of the molecule is COC(=O)/C(Cc1ccc([N+](=O)[O-])cc1)=C1/CC1c1ccc([N+](=O)[O-])cc1. The van der Waals surface area contributed by atoms with Gasteiger partial charge in [-0.2, -0.15) is 0 Å². The molecule has 1 aliphatic rings. The number of benzene rings is 2. The summed E-state index contributed by atoms with van der Waals surface area (Å²) < 4.78 is 4.89. The fraction of sp³-hybridized carbons (Fsp3) is 0.211. The van der Waals surface area contributed by atoms with E-state index in [0.29, 0.717) is 18.4 Å². The van der Waals surface area contributed by atoms with Crippen molar-refractivity contribution in [3.8, 4) is 0 Å². The highest BCUT2D eigenvalue weighted by Crippen LogP contribution is 2.49. The summed E-state index contributed by atoms with van der Waals surface area (Å²) in [5.41, 5.74) is 3.12. The van der Waals surface area contributed by atoms with Crippen LogP contribution in [0.3, 0.4) is 0 Å². The first-order valence-corrected chi connectivity index (χ1v) is 8.18. The topological polar surface area (TPSA) is 113 Å². The van der Waals surface area contributed by atoms with Crippen molar-refractivity contribution in [2.45, 2.75) is 18.8 Å². The van der Waals surface area contributed by atoms with Gasteiger partial charge >= 0.3 is 5.97 Å². The summed E-state index contributed by atoms with van der Waals surface area (Å²) in [5.74, 6) is -0.411. The van der Waals surface area contributed by atoms with E-state index >= 15 is 0 Å². The van der Waals surface area contributed by atoms with Crippen LogP contribution in [0.2, 0.25) is 0 Å². The molecule has 8 nitrogen and oxygen atoms in total. The van der Waals surface area contributed by atoms with E-state index in [0.717, 1.165) is 16.7 Å². The zero-order valence-corrected chi connectivity index (χ0v) is 14.5. The highest BCUT2D eigenvalue weighted by atomic mass is 16.6. The molecule has 27 heavy (non-hydrogen) atoms. The third-order valence-corrected chi connectivity index (χ3v) is 4.54. The Kier molecular flexibility index (Phi) is 4.98. The van der Waals surface area contributed by atoms with Crippen molar-refractivity contribution < 1.29 is 19.4 Å². The number of carbonyl (C=O) groups excluding carboxylic acids is 1. The Morgan fingerprint density at radius 3 is 2.00 bits per heavy atom. The normalized spacial score (nSPS) is 17.1. The van der Waals surface area contributed by atoms with Gasteiger partial charge in [0.2, 0.25) is 0 Å². The van der Waals surface area contributed by atoms with Gasteiger partial charge in [0.15, 0.2) is 0 Å². The molecular formula is C19H16N2O6. The van der Waals surface area contributed by atoms with Crippen LogP contribution in [0.15, 0.2) is 59.7 Å². The second kappa shape index (κ2) is 7.36. The molecule has 3 rings (SSSR count). The maximum Gasteiger partial charge on any atom is 0.334 e. The zero-order valence-electron chi connectivity index (χ0n) is 14.5. The van der Waals surface area contributed by atoms with Gasteiger partial charge in [0.1, 0.15) is 0 Å². The molecule has 1 fully saturated rings. The number of ether oxygens (including phenoxy) is 1. The van der Waals surface area contributed by atoms with Gasteiger partial charge in [-0.25, -0.2) is 4.79 Å². The Morgan fingerprint density at radius 2 is 1.52 bits per heavy atom. The fourth-order valence-electron chi connectivity index (χ4n) is 3.02. The molecule has 0 radical (unpaired) electrons. The van der Waals surface area contributed by atoms with Crippen molar-refractivity contribution in [2.24, 2.45) is 0 Å². The minimum absolute atomic E-state index is 0.0128. The monoisotopic (exact) mass is 368 g/mol. The number of methoxy groups -OCH3 is 1. The first-order valence-electron chi connectivity index (χ1n) is 8.18. The maximum atomic E-state index is 12.2. The number of non-ortho nitro benzene ring substituents is 2. The lowest BCUT2D eigenvalue weighted by molar-refractivity contribution is -0.385. The second-order valence-electron chi connectivity index (χ2n) is 6.20. The summed E-state index contributed by atoms with van der Waals surface area (Å²) in [4.78, 5) is 32.8. The quantitative estimate of drug-likeness (QED) is 0.332. The van der Waals surface area contributed by atoms with Gasteiger partial charge in [-0.1, -0.05) is 29.8 Å². The number of nitro groups is 2. The highest BCUT2D eigenvalue weighted by molar-refractivity contribution is 5.91. The van der Waals surface area contributed by atoms with Crippen LogP contribution in [0.5, 0.6) is 0 Å². The number of esters is 1. The minimum Gasteiger partial charge on any atom is -0.466 e. The molecule has 2 aromatic rings. The van der Waals surface area contributed by atoms with E-state index in [1.54, 1.807) is 24.3 Å². The number of hydrogen-bond donors (Lipinski definition) is 0. The largest absolute Gasteiger partial charge is 0.466 e. The summed E-state index contributed by atoms with van der Waals surface area (Å²) in [6.07, 6.45) is 0.985. The van der Waals surface area contributed by atoms with Gasteiger partial charge in [-0.15, -0.1) is 0 Å². The van der Waals surface area contributed by atoms with E-state index in [2.05, 4.69) is 0 Å². The van der Waals surface area contributed by atoms with E-state index in [1.165, 1.54) is 31.4 Å². The number of carbonyl (C=O) groups is 1. The molecule has 8 heteroatoms. The molecule has 1 unspecified atom stereocenters. The van der Waals surface area contributed by atoms with Crippen LogP contribution in [0.25, 0.3) is 0 Å². The molecule has 0 saturated heterocycles. The standard InChI is InChI=1S/C19H16N2O6/c1-27-19(22)18(10-12-2-6-14(7-3-12)20(23)24)17-11-16(17)13-4-8-15(9-5-13)21(25)26/h2-9,16H,10-11H2,1H3/b18-17-. The average Bonchev–Trinajstić information content (AvgIpc) is 3.46. The Hall–Kier alpha value is -3.55. The Balaban J connectivity index is 1.83. The van der Waals surface area contributed by atoms with Crippen molar-refractivity contribution >= 4 is 17.3 Å². The second-order valence-corrected chi connectivity index (χ2v) is 6.20. The number of nitro benzene ring substituents is 2. The molecule has 0 heterocycles. The van der Waals surface area contributed by atoms with Gasteiger partial charge in [0.25, 0.3) is 11.4 Å². The molecular weight excluding hydrogens is 352 g/mol. The molecule has 0 aliphatic heterocycles. The number of hydrogen-bond acceptors (Lipinski definition) is 6. The molecule has 1 saturated carbocycles. The highest BCUT2D eigenvalue weighted by Gasteiger charge is 2.36. The van der Waals surface area contributed by atoms with Crippen molar-refractivity contribution in [2.75, 3.05) is 7.11 Å². The maximum absolute atomic E-state index is 12.2. The average molecular weight is 368 g/mol. The summed E-state index contributed by atoms with van der Waals surface area (Å²) >= 11 is 0. The summed E-state index contributed by atoms with van der Waals surface area (Å²) in [5, 5.41) is 21.5. The fourth-order valence-corrected chi connectivity index (χ4v) is 3.02. The van der Waals surface area contributed by atoms with Gasteiger partial charge in [0, 0.05) is 42.2 Å². The van der Waals surface area contributed by atoms with Crippen LogP contribution in [-0.4, -0.2) is 22.9 Å². The number of nitrogens with zero attached hydrogens (tertiary/aromatic N) is 2. The van der Waals surface area contributed by atoms with Crippen molar-refractivity contribution in [3.05, 3.63) is 91.0 Å². The third kappa shape index (κ3) is 4.00. The zero-order chi connectivity index (χ0) is 19.6. The Morgan fingerprint density at radius 1 is 1.00 bits per heavy atom. The van der Waals surface area contributed by atoms with Gasteiger partial charge in [-0.3, -0.25) is 20.2 Å². The van der Waals surface area contributed by atoms with E-state index in [9.17, 15) is 25.0 Å². The lowest BCUT2D eigenvalue weighted by Crippen LogP contribution is -2.08. The van der Waals surface area contributed by atoms with Crippen molar-refractivity contribution in [3.63, 3.8) is 0 Å². The van der Waals surface area contributed by atoms with E-state index in [4.69, 9.17) is 4.74 Å². The van der Waals surface area contributed by atoms with E-state index in [-0.39, 0.29) is 17.3 Å². The predicted molar refractivity (Wildman–Crippen MR) is 96.3 cm³/mol. The third-order valence-electron chi connectivity index (χ3n) is 4.54. The van der Waals surface area contributed by atoms with Crippen LogP contribution in [0.4, 0.5) is 11.4 Å². The minimum atomic E-state index is -0.477. The molecule has 0 aromatic heterocycles. The number of allylic oxidation sites excluding steroid dienone is 1. The summed E-state index contributed by atoms with van der Waals surface area (Å²) in [6.45, 7) is 0. The first kappa shape index (κ1) is 18.2. The lowest BCUT2D eigenvalue weighted by Gasteiger charge is -2.06. The van der Waals surface area contributed by atoms with Crippen molar-refractivity contribution in [1.82, 2.24) is 0 Å². The van der Waals surface area contributed by atoms with Crippen LogP contribution in [0.1, 0.15) is 23.5 Å². The van der Waals surface area contributed by atoms with Crippen LogP contribution >= 0.6 is 0 Å². The van der Waals surface area contributed by atoms with E-state index in [1.807, 2.05) is 0 Å². The van der Waals surface area contributed by atoms with Crippen molar-refractivity contribution in [1.29, 1.82) is 0 Å².